The maximum Gasteiger partial charge on any atom is 0.416 e. The van der Waals surface area contributed by atoms with E-state index < -0.39 is 11.7 Å². The van der Waals surface area contributed by atoms with Crippen LogP contribution < -0.4 is 0 Å². The average Bonchev–Trinajstić information content (AvgIpc) is 3.30. The van der Waals surface area contributed by atoms with Crippen molar-refractivity contribution in [3.8, 4) is 11.4 Å². The smallest absolute Gasteiger partial charge is 0.337 e. The fourth-order valence-corrected chi connectivity index (χ4v) is 3.75. The van der Waals surface area contributed by atoms with Gasteiger partial charge in [-0.05, 0) is 24.6 Å². The maximum atomic E-state index is 13.0. The molecule has 2 heterocycles. The van der Waals surface area contributed by atoms with Crippen LogP contribution in [-0.2, 0) is 6.18 Å². The standard InChI is InChI=1S/C24H25F3N4O/c1-18(23-28-22(29-32-23)20-10-5-11-21(17-20)24(25,26)27)31-15-13-30(14-16-31)12-6-9-19-7-3-2-4-8-19/h2-11,17-18H,12-16H2,1H3/b9-6+. The van der Waals surface area contributed by atoms with Gasteiger partial charge in [0.1, 0.15) is 0 Å². The predicted octanol–water partition coefficient (Wildman–Crippen LogP) is 5.15. The number of halogens is 3. The normalized spacial score (nSPS) is 17.1. The molecule has 0 N–H and O–H groups in total. The quantitative estimate of drug-likeness (QED) is 0.529. The zero-order chi connectivity index (χ0) is 22.6. The fraction of sp³-hybridized carbons (Fsp3) is 0.333. The van der Waals surface area contributed by atoms with E-state index in [4.69, 9.17) is 4.52 Å². The molecule has 32 heavy (non-hydrogen) atoms. The predicted molar refractivity (Wildman–Crippen MR) is 117 cm³/mol. The summed E-state index contributed by atoms with van der Waals surface area (Å²) in [6.07, 6.45) is -0.109. The molecular weight excluding hydrogens is 417 g/mol. The lowest BCUT2D eigenvalue weighted by molar-refractivity contribution is -0.137. The topological polar surface area (TPSA) is 45.4 Å². The van der Waals surface area contributed by atoms with Gasteiger partial charge in [0.25, 0.3) is 0 Å². The van der Waals surface area contributed by atoms with E-state index in [1.54, 1.807) is 6.07 Å². The molecule has 1 aliphatic rings. The zero-order valence-electron chi connectivity index (χ0n) is 17.8. The number of hydrogen-bond acceptors (Lipinski definition) is 5. The van der Waals surface area contributed by atoms with Gasteiger partial charge in [-0.25, -0.2) is 0 Å². The summed E-state index contributed by atoms with van der Waals surface area (Å²) in [7, 11) is 0. The third kappa shape index (κ3) is 5.44. The minimum Gasteiger partial charge on any atom is -0.337 e. The molecule has 168 valence electrons. The lowest BCUT2D eigenvalue weighted by Crippen LogP contribution is -2.47. The molecule has 0 aliphatic carbocycles. The van der Waals surface area contributed by atoms with Crippen molar-refractivity contribution in [3.63, 3.8) is 0 Å². The maximum absolute atomic E-state index is 13.0. The summed E-state index contributed by atoms with van der Waals surface area (Å²) in [5, 5.41) is 3.91. The lowest BCUT2D eigenvalue weighted by Gasteiger charge is -2.36. The largest absolute Gasteiger partial charge is 0.416 e. The van der Waals surface area contributed by atoms with Gasteiger partial charge >= 0.3 is 6.18 Å². The van der Waals surface area contributed by atoms with Crippen LogP contribution in [0.25, 0.3) is 17.5 Å². The highest BCUT2D eigenvalue weighted by atomic mass is 19.4. The summed E-state index contributed by atoms with van der Waals surface area (Å²) in [5.74, 6) is 0.581. The SMILES string of the molecule is CC(c1nc(-c2cccc(C(F)(F)F)c2)no1)N1CCN(C/C=C/c2ccccc2)CC1. The van der Waals surface area contributed by atoms with E-state index in [2.05, 4.69) is 44.2 Å². The highest BCUT2D eigenvalue weighted by molar-refractivity contribution is 5.55. The number of hydrogen-bond donors (Lipinski definition) is 0. The number of benzene rings is 2. The van der Waals surface area contributed by atoms with Crippen molar-refractivity contribution in [2.24, 2.45) is 0 Å². The molecule has 0 amide bonds. The molecule has 0 saturated carbocycles. The Balaban J connectivity index is 1.33. The average molecular weight is 442 g/mol. The summed E-state index contributed by atoms with van der Waals surface area (Å²) < 4.78 is 44.3. The van der Waals surface area contributed by atoms with Crippen LogP contribution in [0.4, 0.5) is 13.2 Å². The first-order valence-corrected chi connectivity index (χ1v) is 10.6. The van der Waals surface area contributed by atoms with Gasteiger partial charge in [-0.2, -0.15) is 18.2 Å². The summed E-state index contributed by atoms with van der Waals surface area (Å²) in [6.45, 7) is 6.39. The van der Waals surface area contributed by atoms with Crippen LogP contribution in [0, 0.1) is 0 Å². The summed E-state index contributed by atoms with van der Waals surface area (Å²) in [6, 6.07) is 15.1. The van der Waals surface area contributed by atoms with Crippen molar-refractivity contribution in [1.29, 1.82) is 0 Å². The second kappa shape index (κ2) is 9.67. The van der Waals surface area contributed by atoms with Crippen molar-refractivity contribution < 1.29 is 17.7 Å². The number of rotatable bonds is 6. The summed E-state index contributed by atoms with van der Waals surface area (Å²) in [5.41, 5.74) is 0.747. The van der Waals surface area contributed by atoms with Crippen molar-refractivity contribution in [2.75, 3.05) is 32.7 Å². The monoisotopic (exact) mass is 442 g/mol. The van der Waals surface area contributed by atoms with Gasteiger partial charge in [0.2, 0.25) is 11.7 Å². The van der Waals surface area contributed by atoms with Crippen molar-refractivity contribution in [1.82, 2.24) is 19.9 Å². The highest BCUT2D eigenvalue weighted by Gasteiger charge is 2.31. The molecule has 0 bridgehead atoms. The number of aromatic nitrogens is 2. The van der Waals surface area contributed by atoms with Gasteiger partial charge in [-0.1, -0.05) is 59.8 Å². The molecule has 1 aliphatic heterocycles. The Labute approximate surface area is 185 Å². The molecule has 1 saturated heterocycles. The van der Waals surface area contributed by atoms with Crippen LogP contribution in [0.15, 0.2) is 65.2 Å². The number of alkyl halides is 3. The molecule has 1 atom stereocenters. The molecule has 5 nitrogen and oxygen atoms in total. The minimum atomic E-state index is -4.41. The van der Waals surface area contributed by atoms with Gasteiger partial charge in [0.15, 0.2) is 0 Å². The Kier molecular flexibility index (Phi) is 6.72. The highest BCUT2D eigenvalue weighted by Crippen LogP contribution is 2.32. The van der Waals surface area contributed by atoms with Gasteiger partial charge < -0.3 is 4.52 Å². The van der Waals surface area contributed by atoms with E-state index in [1.165, 1.54) is 11.6 Å². The second-order valence-corrected chi connectivity index (χ2v) is 7.86. The molecule has 8 heteroatoms. The first-order chi connectivity index (χ1) is 15.4. The Morgan fingerprint density at radius 2 is 1.78 bits per heavy atom. The van der Waals surface area contributed by atoms with Crippen LogP contribution in [0.1, 0.15) is 30.0 Å². The lowest BCUT2D eigenvalue weighted by atomic mass is 10.1. The van der Waals surface area contributed by atoms with Crippen LogP contribution in [0.3, 0.4) is 0 Å². The van der Waals surface area contributed by atoms with E-state index >= 15 is 0 Å². The Bertz CT molecular complexity index is 1040. The molecule has 0 radical (unpaired) electrons. The van der Waals surface area contributed by atoms with E-state index in [1.807, 2.05) is 25.1 Å². The second-order valence-electron chi connectivity index (χ2n) is 7.86. The van der Waals surface area contributed by atoms with Crippen LogP contribution in [0.2, 0.25) is 0 Å². The molecular formula is C24H25F3N4O. The van der Waals surface area contributed by atoms with Crippen LogP contribution in [-0.4, -0.2) is 52.7 Å². The van der Waals surface area contributed by atoms with Crippen molar-refractivity contribution in [2.45, 2.75) is 19.1 Å². The Morgan fingerprint density at radius 3 is 2.50 bits per heavy atom. The first-order valence-electron chi connectivity index (χ1n) is 10.6. The third-order valence-electron chi connectivity index (χ3n) is 5.68. The number of nitrogens with zero attached hydrogens (tertiary/aromatic N) is 4. The van der Waals surface area contributed by atoms with Crippen LogP contribution in [0.5, 0.6) is 0 Å². The van der Waals surface area contributed by atoms with Crippen molar-refractivity contribution in [3.05, 3.63) is 77.7 Å². The summed E-state index contributed by atoms with van der Waals surface area (Å²) >= 11 is 0. The van der Waals surface area contributed by atoms with Gasteiger partial charge in [-0.3, -0.25) is 9.80 Å². The molecule has 4 rings (SSSR count). The number of piperazine rings is 1. The van der Waals surface area contributed by atoms with E-state index in [0.717, 1.165) is 44.9 Å². The minimum absolute atomic E-state index is 0.107. The molecule has 2 aromatic carbocycles. The Morgan fingerprint density at radius 1 is 1.03 bits per heavy atom. The molecule has 1 unspecified atom stereocenters. The fourth-order valence-electron chi connectivity index (χ4n) is 3.75. The Hall–Kier alpha value is -2.97. The molecule has 1 fully saturated rings. The van der Waals surface area contributed by atoms with Gasteiger partial charge in [0, 0.05) is 38.3 Å². The summed E-state index contributed by atoms with van der Waals surface area (Å²) in [4.78, 5) is 9.00. The molecule has 0 spiro atoms. The molecule has 3 aromatic rings. The van der Waals surface area contributed by atoms with Gasteiger partial charge in [-0.15, -0.1) is 0 Å². The van der Waals surface area contributed by atoms with E-state index in [9.17, 15) is 13.2 Å². The molecule has 1 aromatic heterocycles. The third-order valence-corrected chi connectivity index (χ3v) is 5.68. The van der Waals surface area contributed by atoms with Crippen LogP contribution >= 0.6 is 0 Å². The van der Waals surface area contributed by atoms with E-state index in [-0.39, 0.29) is 17.4 Å². The zero-order valence-corrected chi connectivity index (χ0v) is 17.8. The van der Waals surface area contributed by atoms with Crippen molar-refractivity contribution >= 4 is 6.08 Å². The van der Waals surface area contributed by atoms with E-state index in [0.29, 0.717) is 5.89 Å². The first kappa shape index (κ1) is 22.2. The van der Waals surface area contributed by atoms with Gasteiger partial charge in [0.05, 0.1) is 11.6 Å².